The third kappa shape index (κ3) is 28.1. The van der Waals surface area contributed by atoms with Crippen LogP contribution in [0.1, 0.15) is 123 Å². The average molecular weight is 808 g/mol. The molecule has 6 N–H and O–H groups in total. The van der Waals surface area contributed by atoms with E-state index in [1.165, 1.54) is 0 Å². The van der Waals surface area contributed by atoms with Crippen molar-refractivity contribution in [2.75, 3.05) is 13.2 Å². The van der Waals surface area contributed by atoms with Crippen LogP contribution in [-0.4, -0.2) is 87.5 Å². The van der Waals surface area contributed by atoms with E-state index in [1.807, 2.05) is 6.08 Å². The van der Waals surface area contributed by atoms with Crippen molar-refractivity contribution in [2.24, 2.45) is 0 Å². The van der Waals surface area contributed by atoms with Gasteiger partial charge in [-0.1, -0.05) is 155 Å². The molecule has 0 saturated carbocycles. The van der Waals surface area contributed by atoms with E-state index in [4.69, 9.17) is 9.47 Å². The Balaban J connectivity index is 2.28. The van der Waals surface area contributed by atoms with Crippen LogP contribution in [0, 0.1) is 0 Å². The van der Waals surface area contributed by atoms with Crippen LogP contribution >= 0.6 is 0 Å². The van der Waals surface area contributed by atoms with Gasteiger partial charge in [0.25, 0.3) is 0 Å². The molecule has 1 saturated heterocycles. The van der Waals surface area contributed by atoms with Crippen LogP contribution in [0.4, 0.5) is 0 Å². The zero-order valence-electron chi connectivity index (χ0n) is 35.5. The van der Waals surface area contributed by atoms with Crippen molar-refractivity contribution in [3.05, 3.63) is 122 Å². The fourth-order valence-electron chi connectivity index (χ4n) is 5.80. The highest BCUT2D eigenvalue weighted by atomic mass is 16.7. The molecule has 9 nitrogen and oxygen atoms in total. The summed E-state index contributed by atoms with van der Waals surface area (Å²) in [4.78, 5) is 12.8. The molecule has 1 aliphatic heterocycles. The Morgan fingerprint density at radius 3 is 1.53 bits per heavy atom. The number of hydrogen-bond donors (Lipinski definition) is 6. The van der Waals surface area contributed by atoms with E-state index in [0.29, 0.717) is 6.42 Å². The fourth-order valence-corrected chi connectivity index (χ4v) is 5.80. The number of carbonyl (C=O) groups is 1. The van der Waals surface area contributed by atoms with Crippen LogP contribution in [0.2, 0.25) is 0 Å². The Labute approximate surface area is 350 Å². The van der Waals surface area contributed by atoms with Crippen LogP contribution in [0.5, 0.6) is 0 Å². The van der Waals surface area contributed by atoms with E-state index >= 15 is 0 Å². The van der Waals surface area contributed by atoms with Crippen molar-refractivity contribution in [1.29, 1.82) is 0 Å². The molecule has 1 aliphatic rings. The van der Waals surface area contributed by atoms with Gasteiger partial charge in [0, 0.05) is 6.42 Å². The largest absolute Gasteiger partial charge is 0.394 e. The van der Waals surface area contributed by atoms with Crippen molar-refractivity contribution in [3.63, 3.8) is 0 Å². The molecule has 0 radical (unpaired) electrons. The molecule has 58 heavy (non-hydrogen) atoms. The van der Waals surface area contributed by atoms with Gasteiger partial charge in [-0.05, 0) is 83.5 Å². The number of rotatable bonds is 33. The smallest absolute Gasteiger partial charge is 0.220 e. The Hall–Kier alpha value is -3.41. The first-order valence-corrected chi connectivity index (χ1v) is 21.8. The van der Waals surface area contributed by atoms with Gasteiger partial charge < -0.3 is 40.3 Å². The average Bonchev–Trinajstić information content (AvgIpc) is 3.22. The predicted octanol–water partition coefficient (Wildman–Crippen LogP) is 8.88. The lowest BCUT2D eigenvalue weighted by Crippen LogP contribution is -2.60. The van der Waals surface area contributed by atoms with Crippen LogP contribution in [-0.2, 0) is 14.3 Å². The molecule has 0 aromatic heterocycles. The van der Waals surface area contributed by atoms with Gasteiger partial charge in [-0.3, -0.25) is 4.79 Å². The number of aliphatic hydroxyl groups excluding tert-OH is 5. The summed E-state index contributed by atoms with van der Waals surface area (Å²) in [5, 5.41) is 53.7. The molecule has 0 aromatic rings. The lowest BCUT2D eigenvalue weighted by molar-refractivity contribution is -0.302. The molecule has 7 atom stereocenters. The maximum atomic E-state index is 12.8. The third-order valence-electron chi connectivity index (χ3n) is 9.29. The van der Waals surface area contributed by atoms with Crippen LogP contribution in [0.25, 0.3) is 0 Å². The van der Waals surface area contributed by atoms with Crippen LogP contribution in [0.15, 0.2) is 122 Å². The Morgan fingerprint density at radius 1 is 0.603 bits per heavy atom. The van der Waals surface area contributed by atoms with E-state index in [9.17, 15) is 30.3 Å². The zero-order chi connectivity index (χ0) is 42.3. The first-order valence-electron chi connectivity index (χ1n) is 21.8. The molecule has 0 aliphatic carbocycles. The van der Waals surface area contributed by atoms with Crippen molar-refractivity contribution < 1.29 is 39.8 Å². The fraction of sp³-hybridized carbons (Fsp3) is 0.571. The van der Waals surface area contributed by atoms with Crippen molar-refractivity contribution in [3.8, 4) is 0 Å². The second kappa shape index (κ2) is 37.8. The second-order valence-corrected chi connectivity index (χ2v) is 14.4. The highest BCUT2D eigenvalue weighted by Crippen LogP contribution is 2.22. The number of unbranched alkanes of at least 4 members (excludes halogenated alkanes) is 5. The van der Waals surface area contributed by atoms with Gasteiger partial charge in [-0.2, -0.15) is 0 Å². The minimum absolute atomic E-state index is 0.223. The predicted molar refractivity (Wildman–Crippen MR) is 239 cm³/mol. The molecule has 9 heteroatoms. The number of nitrogens with one attached hydrogen (secondary N) is 1. The summed E-state index contributed by atoms with van der Waals surface area (Å²) in [7, 11) is 0. The molecular weight excluding hydrogens is 731 g/mol. The molecular formula is C49H77NO8. The molecule has 1 rings (SSSR count). The Kier molecular flexibility index (Phi) is 34.3. The molecule has 7 unspecified atom stereocenters. The summed E-state index contributed by atoms with van der Waals surface area (Å²) in [6.07, 6.45) is 50.0. The molecule has 1 fully saturated rings. The topological polar surface area (TPSA) is 149 Å². The number of amides is 1. The molecule has 1 amide bonds. The highest BCUT2D eigenvalue weighted by Gasteiger charge is 2.44. The van der Waals surface area contributed by atoms with E-state index in [1.54, 1.807) is 6.08 Å². The summed E-state index contributed by atoms with van der Waals surface area (Å²) in [5.74, 6) is -0.248. The lowest BCUT2D eigenvalue weighted by atomic mass is 9.99. The minimum Gasteiger partial charge on any atom is -0.394 e. The molecule has 326 valence electrons. The molecule has 0 spiro atoms. The Morgan fingerprint density at radius 2 is 1.07 bits per heavy atom. The minimum atomic E-state index is -1.58. The Bertz CT molecular complexity index is 1310. The van der Waals surface area contributed by atoms with Gasteiger partial charge in [0.1, 0.15) is 24.4 Å². The molecule has 0 aromatic carbocycles. The summed E-state index contributed by atoms with van der Waals surface area (Å²) in [6.45, 7) is 3.49. The second-order valence-electron chi connectivity index (χ2n) is 14.4. The van der Waals surface area contributed by atoms with Crippen molar-refractivity contribution >= 4 is 5.91 Å². The summed E-state index contributed by atoms with van der Waals surface area (Å²) >= 11 is 0. The first kappa shape index (κ1) is 52.6. The van der Waals surface area contributed by atoms with Crippen molar-refractivity contribution in [1.82, 2.24) is 5.32 Å². The zero-order valence-corrected chi connectivity index (χ0v) is 35.5. The lowest BCUT2D eigenvalue weighted by Gasteiger charge is -2.40. The summed E-state index contributed by atoms with van der Waals surface area (Å²) in [6, 6.07) is -0.841. The summed E-state index contributed by atoms with van der Waals surface area (Å²) < 4.78 is 11.1. The first-order chi connectivity index (χ1) is 28.3. The van der Waals surface area contributed by atoms with Gasteiger partial charge in [-0.15, -0.1) is 0 Å². The van der Waals surface area contributed by atoms with Gasteiger partial charge in [0.2, 0.25) is 5.91 Å². The maximum absolute atomic E-state index is 12.8. The van der Waals surface area contributed by atoms with Gasteiger partial charge in [0.05, 0.1) is 25.4 Å². The molecule has 1 heterocycles. The van der Waals surface area contributed by atoms with E-state index < -0.39 is 49.5 Å². The standard InChI is InChI=1S/C49H77NO8/c1-3-5-7-9-11-12-13-14-15-16-17-18-19-20-21-22-23-24-25-26-27-28-29-30-31-32-33-35-37-39-45(53)50-42(43(52)38-36-34-10-8-6-4-2)41-57-49-48(56)47(55)46(54)44(40-51)58-49/h5,7,11-12,14-15,17-18,20-21,23-24,26-27,29-30,32-33,36,38,42-44,46-49,51-52,54-56H,3-4,6,8-10,13,16,19,22,25,28,31,34-35,37,39-41H2,1-2H3,(H,50,53)/b7-5-,12-11-,15-14-,18-17-,21-20-,24-23-,27-26-,30-29-,33-32-,38-36+. The maximum Gasteiger partial charge on any atom is 0.220 e. The number of aliphatic hydroxyl groups is 5. The van der Waals surface area contributed by atoms with E-state index in [0.717, 1.165) is 96.3 Å². The van der Waals surface area contributed by atoms with Gasteiger partial charge in [0.15, 0.2) is 6.29 Å². The van der Waals surface area contributed by atoms with E-state index in [-0.39, 0.29) is 18.9 Å². The van der Waals surface area contributed by atoms with Gasteiger partial charge in [-0.25, -0.2) is 0 Å². The highest BCUT2D eigenvalue weighted by molar-refractivity contribution is 5.76. The SMILES string of the molecule is CC/C=C\C/C=C\C/C=C\C/C=C\C/C=C\C/C=C\C/C=C\C/C=C\C/C=C\CCCC(=O)NC(COC1OC(CO)C(O)C(O)C1O)C(O)/C=C/CCCCCC. The van der Waals surface area contributed by atoms with Crippen LogP contribution < -0.4 is 5.32 Å². The van der Waals surface area contributed by atoms with Gasteiger partial charge >= 0.3 is 0 Å². The van der Waals surface area contributed by atoms with Crippen LogP contribution in [0.3, 0.4) is 0 Å². The molecule has 0 bridgehead atoms. The van der Waals surface area contributed by atoms with Crippen molar-refractivity contribution in [2.45, 2.75) is 166 Å². The third-order valence-corrected chi connectivity index (χ3v) is 9.29. The number of ether oxygens (including phenoxy) is 2. The van der Waals surface area contributed by atoms with E-state index in [2.05, 4.69) is 129 Å². The summed E-state index contributed by atoms with van der Waals surface area (Å²) in [5.41, 5.74) is 0. The quantitative estimate of drug-likeness (QED) is 0.0285. The number of hydrogen-bond acceptors (Lipinski definition) is 8. The normalized spacial score (nSPS) is 22.1. The number of allylic oxidation sites excluding steroid dienone is 19. The number of carbonyl (C=O) groups excluding carboxylic acids is 1. The monoisotopic (exact) mass is 808 g/mol.